The number of rotatable bonds is 5. The summed E-state index contributed by atoms with van der Waals surface area (Å²) in [7, 11) is 0. The fourth-order valence-corrected chi connectivity index (χ4v) is 3.21. The molecular weight excluding hydrogens is 354 g/mol. The van der Waals surface area contributed by atoms with Crippen LogP contribution in [0.15, 0.2) is 84.0 Å². The Bertz CT molecular complexity index is 1150. The third-order valence-electron chi connectivity index (χ3n) is 4.58. The van der Waals surface area contributed by atoms with E-state index in [0.717, 1.165) is 5.56 Å². The summed E-state index contributed by atoms with van der Waals surface area (Å²) in [5.74, 6) is -0.450. The van der Waals surface area contributed by atoms with Gasteiger partial charge < -0.3 is 15.0 Å². The molecule has 0 fully saturated rings. The first-order valence-corrected chi connectivity index (χ1v) is 8.76. The molecule has 1 amide bonds. The molecule has 0 saturated carbocycles. The van der Waals surface area contributed by atoms with Crippen molar-refractivity contribution in [1.29, 1.82) is 0 Å². The van der Waals surface area contributed by atoms with Crippen molar-refractivity contribution < 1.29 is 9.90 Å². The predicted octanol–water partition coefficient (Wildman–Crippen LogP) is 5.05. The molecule has 0 atom stereocenters. The number of nitrogens with zero attached hydrogens (tertiary/aromatic N) is 2. The van der Waals surface area contributed by atoms with E-state index in [-0.39, 0.29) is 17.5 Å². The van der Waals surface area contributed by atoms with Gasteiger partial charge in [0.25, 0.3) is 5.91 Å². The number of nitroso groups, excluding NO2 is 1. The summed E-state index contributed by atoms with van der Waals surface area (Å²) in [5, 5.41) is 16.8. The molecule has 2 N–H and O–H groups in total. The lowest BCUT2D eigenvalue weighted by Crippen LogP contribution is -2.11. The van der Waals surface area contributed by atoms with Crippen LogP contribution in [0, 0.1) is 4.91 Å². The monoisotopic (exact) mass is 371 g/mol. The normalized spacial score (nSPS) is 10.7. The predicted molar refractivity (Wildman–Crippen MR) is 109 cm³/mol. The van der Waals surface area contributed by atoms with Crippen molar-refractivity contribution in [1.82, 2.24) is 4.57 Å². The van der Waals surface area contributed by atoms with E-state index in [9.17, 15) is 14.8 Å². The van der Waals surface area contributed by atoms with Crippen molar-refractivity contribution in [3.05, 3.63) is 94.9 Å². The summed E-state index contributed by atoms with van der Waals surface area (Å²) in [5.41, 5.74) is 2.65. The van der Waals surface area contributed by atoms with Gasteiger partial charge in [0.2, 0.25) is 5.88 Å². The lowest BCUT2D eigenvalue weighted by molar-refractivity contribution is 0.102. The van der Waals surface area contributed by atoms with Gasteiger partial charge >= 0.3 is 0 Å². The van der Waals surface area contributed by atoms with E-state index in [1.54, 1.807) is 47.0 Å². The molecule has 138 valence electrons. The van der Waals surface area contributed by atoms with E-state index in [4.69, 9.17) is 0 Å². The summed E-state index contributed by atoms with van der Waals surface area (Å²) in [6.45, 7) is 0.397. The maximum absolute atomic E-state index is 12.4. The van der Waals surface area contributed by atoms with Crippen molar-refractivity contribution in [3.63, 3.8) is 0 Å². The molecule has 28 heavy (non-hydrogen) atoms. The van der Waals surface area contributed by atoms with Gasteiger partial charge in [-0.2, -0.15) is 0 Å². The van der Waals surface area contributed by atoms with Crippen LogP contribution in [0.25, 0.3) is 10.9 Å². The van der Waals surface area contributed by atoms with E-state index in [2.05, 4.69) is 10.5 Å². The third kappa shape index (κ3) is 3.23. The number of aromatic nitrogens is 1. The highest BCUT2D eigenvalue weighted by molar-refractivity contribution is 6.06. The Kier molecular flexibility index (Phi) is 4.60. The van der Waals surface area contributed by atoms with E-state index >= 15 is 0 Å². The molecule has 0 aliphatic rings. The van der Waals surface area contributed by atoms with Gasteiger partial charge in [0.05, 0.1) is 12.1 Å². The molecule has 6 nitrogen and oxygen atoms in total. The lowest BCUT2D eigenvalue weighted by atomic mass is 10.2. The molecule has 0 spiro atoms. The van der Waals surface area contributed by atoms with E-state index in [1.807, 2.05) is 36.4 Å². The molecule has 3 aromatic carbocycles. The van der Waals surface area contributed by atoms with Crippen molar-refractivity contribution >= 4 is 28.2 Å². The van der Waals surface area contributed by atoms with Crippen LogP contribution in [0.2, 0.25) is 0 Å². The Morgan fingerprint density at radius 3 is 2.32 bits per heavy atom. The minimum Gasteiger partial charge on any atom is -0.493 e. The number of anilines is 1. The molecule has 1 heterocycles. The Hall–Kier alpha value is -3.93. The maximum atomic E-state index is 12.4. The molecule has 0 unspecified atom stereocenters. The Balaban J connectivity index is 1.71. The second-order valence-corrected chi connectivity index (χ2v) is 6.39. The van der Waals surface area contributed by atoms with Crippen molar-refractivity contribution in [2.24, 2.45) is 5.18 Å². The van der Waals surface area contributed by atoms with Crippen LogP contribution in [-0.2, 0) is 6.54 Å². The standard InChI is InChI=1S/C22H17N3O3/c26-21(16-9-5-2-6-10-16)23-17-11-12-19-18(13-17)20(24-28)22(27)25(19)14-15-7-3-1-4-8-15/h1-13,27H,14H2,(H,23,26). The lowest BCUT2D eigenvalue weighted by Gasteiger charge is -2.08. The molecule has 0 aliphatic carbocycles. The van der Waals surface area contributed by atoms with Crippen LogP contribution < -0.4 is 5.32 Å². The SMILES string of the molecule is O=Nc1c(O)n(Cc2ccccc2)c2ccc(NC(=O)c3ccccc3)cc12. The van der Waals surface area contributed by atoms with Crippen molar-refractivity contribution in [3.8, 4) is 5.88 Å². The molecular formula is C22H17N3O3. The van der Waals surface area contributed by atoms with Gasteiger partial charge in [0, 0.05) is 16.6 Å². The zero-order valence-electron chi connectivity index (χ0n) is 14.9. The van der Waals surface area contributed by atoms with E-state index in [0.29, 0.717) is 28.7 Å². The first-order chi connectivity index (χ1) is 13.7. The van der Waals surface area contributed by atoms with Gasteiger partial charge in [-0.05, 0) is 41.1 Å². The maximum Gasteiger partial charge on any atom is 0.255 e. The summed E-state index contributed by atoms with van der Waals surface area (Å²) >= 11 is 0. The second-order valence-electron chi connectivity index (χ2n) is 6.39. The van der Waals surface area contributed by atoms with Gasteiger partial charge in [0.1, 0.15) is 0 Å². The summed E-state index contributed by atoms with van der Waals surface area (Å²) < 4.78 is 1.63. The van der Waals surface area contributed by atoms with Gasteiger partial charge in [-0.1, -0.05) is 48.5 Å². The molecule has 1 aromatic heterocycles. The quantitative estimate of drug-likeness (QED) is 0.482. The van der Waals surface area contributed by atoms with Gasteiger partial charge in [0.15, 0.2) is 5.69 Å². The van der Waals surface area contributed by atoms with Crippen LogP contribution in [0.5, 0.6) is 5.88 Å². The number of carbonyl (C=O) groups excluding carboxylic acids is 1. The largest absolute Gasteiger partial charge is 0.493 e. The van der Waals surface area contributed by atoms with E-state index in [1.165, 1.54) is 0 Å². The zero-order valence-corrected chi connectivity index (χ0v) is 14.9. The minimum atomic E-state index is -0.256. The Labute approximate surface area is 161 Å². The summed E-state index contributed by atoms with van der Waals surface area (Å²) in [4.78, 5) is 23.7. The van der Waals surface area contributed by atoms with E-state index < -0.39 is 0 Å². The molecule has 0 aliphatic heterocycles. The number of hydrogen-bond donors (Lipinski definition) is 2. The first kappa shape index (κ1) is 17.5. The van der Waals surface area contributed by atoms with Crippen LogP contribution >= 0.6 is 0 Å². The highest BCUT2D eigenvalue weighted by Crippen LogP contribution is 2.40. The van der Waals surface area contributed by atoms with Crippen LogP contribution in [0.3, 0.4) is 0 Å². The minimum absolute atomic E-state index is 0.0401. The number of nitrogens with one attached hydrogen (secondary N) is 1. The average molecular weight is 371 g/mol. The second kappa shape index (κ2) is 7.36. The van der Waals surface area contributed by atoms with Crippen molar-refractivity contribution in [2.45, 2.75) is 6.54 Å². The molecule has 6 heteroatoms. The molecule has 4 rings (SSSR count). The number of carbonyl (C=O) groups is 1. The van der Waals surface area contributed by atoms with Crippen molar-refractivity contribution in [2.75, 3.05) is 5.32 Å². The van der Waals surface area contributed by atoms with Crippen LogP contribution in [-0.4, -0.2) is 15.6 Å². The molecule has 4 aromatic rings. The fourth-order valence-electron chi connectivity index (χ4n) is 3.21. The fraction of sp³-hybridized carbons (Fsp3) is 0.0455. The number of aromatic hydroxyl groups is 1. The molecule has 0 saturated heterocycles. The smallest absolute Gasteiger partial charge is 0.255 e. The topological polar surface area (TPSA) is 83.7 Å². The van der Waals surface area contributed by atoms with Gasteiger partial charge in [-0.3, -0.25) is 4.79 Å². The number of hydrogen-bond acceptors (Lipinski definition) is 4. The number of benzene rings is 3. The molecule has 0 bridgehead atoms. The highest BCUT2D eigenvalue weighted by atomic mass is 16.3. The zero-order chi connectivity index (χ0) is 19.5. The first-order valence-electron chi connectivity index (χ1n) is 8.76. The highest BCUT2D eigenvalue weighted by Gasteiger charge is 2.18. The number of fused-ring (bicyclic) bond motifs is 1. The summed E-state index contributed by atoms with van der Waals surface area (Å²) in [6, 6.07) is 23.6. The Morgan fingerprint density at radius 1 is 0.964 bits per heavy atom. The third-order valence-corrected chi connectivity index (χ3v) is 4.58. The Morgan fingerprint density at radius 2 is 1.64 bits per heavy atom. The van der Waals surface area contributed by atoms with Gasteiger partial charge in [-0.25, -0.2) is 0 Å². The molecule has 0 radical (unpaired) electrons. The van der Waals surface area contributed by atoms with Crippen LogP contribution in [0.1, 0.15) is 15.9 Å². The number of amides is 1. The average Bonchev–Trinajstić information content (AvgIpc) is 2.99. The summed E-state index contributed by atoms with van der Waals surface area (Å²) in [6.07, 6.45) is 0. The van der Waals surface area contributed by atoms with Crippen LogP contribution in [0.4, 0.5) is 11.4 Å². The van der Waals surface area contributed by atoms with Gasteiger partial charge in [-0.15, -0.1) is 4.91 Å².